The van der Waals surface area contributed by atoms with Crippen molar-refractivity contribution < 1.29 is 9.59 Å². The molecule has 154 valence electrons. The fraction of sp³-hybridized carbons (Fsp3) is 0.417. The van der Waals surface area contributed by atoms with Gasteiger partial charge in [0, 0.05) is 17.8 Å². The second kappa shape index (κ2) is 10.2. The highest BCUT2D eigenvalue weighted by atomic mass is 16.2. The van der Waals surface area contributed by atoms with Crippen LogP contribution >= 0.6 is 0 Å². The first-order chi connectivity index (χ1) is 14.0. The number of rotatable bonds is 7. The average molecular weight is 394 g/mol. The molecule has 0 radical (unpaired) electrons. The predicted octanol–water partition coefficient (Wildman–Crippen LogP) is 4.07. The SMILES string of the molecule is CC(C)C(NC(=O)c1ccccc1)C(=O)Nc1cccc(CN2CCCCC2)c1. The number of carbonyl (C=O) groups excluding carboxylic acids is 2. The first-order valence-corrected chi connectivity index (χ1v) is 10.5. The van der Waals surface area contributed by atoms with Crippen LogP contribution in [0.3, 0.4) is 0 Å². The van der Waals surface area contributed by atoms with Gasteiger partial charge in [0.15, 0.2) is 0 Å². The van der Waals surface area contributed by atoms with Crippen molar-refractivity contribution in [1.29, 1.82) is 0 Å². The molecule has 2 N–H and O–H groups in total. The van der Waals surface area contributed by atoms with E-state index in [1.54, 1.807) is 12.1 Å². The van der Waals surface area contributed by atoms with Gasteiger partial charge in [0.25, 0.3) is 5.91 Å². The highest BCUT2D eigenvalue weighted by Crippen LogP contribution is 2.17. The van der Waals surface area contributed by atoms with Crippen molar-refractivity contribution in [3.8, 4) is 0 Å². The van der Waals surface area contributed by atoms with Crippen molar-refractivity contribution in [2.24, 2.45) is 5.92 Å². The van der Waals surface area contributed by atoms with Gasteiger partial charge in [-0.05, 0) is 61.7 Å². The Morgan fingerprint density at radius 1 is 0.966 bits per heavy atom. The fourth-order valence-electron chi connectivity index (χ4n) is 3.69. The molecule has 1 aliphatic heterocycles. The van der Waals surface area contributed by atoms with Crippen molar-refractivity contribution in [2.75, 3.05) is 18.4 Å². The Bertz CT molecular complexity index is 814. The Morgan fingerprint density at radius 2 is 1.69 bits per heavy atom. The minimum Gasteiger partial charge on any atom is -0.340 e. The minimum absolute atomic E-state index is 0.0285. The summed E-state index contributed by atoms with van der Waals surface area (Å²) in [6, 6.07) is 16.4. The summed E-state index contributed by atoms with van der Waals surface area (Å²) in [7, 11) is 0. The number of hydrogen-bond donors (Lipinski definition) is 2. The molecule has 3 rings (SSSR count). The van der Waals surface area contributed by atoms with E-state index < -0.39 is 6.04 Å². The van der Waals surface area contributed by atoms with Gasteiger partial charge in [-0.2, -0.15) is 0 Å². The van der Waals surface area contributed by atoms with E-state index in [4.69, 9.17) is 0 Å². The summed E-state index contributed by atoms with van der Waals surface area (Å²) in [6.07, 6.45) is 3.83. The molecule has 0 spiro atoms. The molecule has 5 heteroatoms. The van der Waals surface area contributed by atoms with Crippen molar-refractivity contribution in [3.63, 3.8) is 0 Å². The molecular weight excluding hydrogens is 362 g/mol. The predicted molar refractivity (Wildman–Crippen MR) is 117 cm³/mol. The Labute approximate surface area is 173 Å². The van der Waals surface area contributed by atoms with E-state index in [2.05, 4.69) is 21.6 Å². The number of nitrogens with one attached hydrogen (secondary N) is 2. The summed E-state index contributed by atoms with van der Waals surface area (Å²) >= 11 is 0. The smallest absolute Gasteiger partial charge is 0.251 e. The van der Waals surface area contributed by atoms with Gasteiger partial charge in [-0.15, -0.1) is 0 Å². The lowest BCUT2D eigenvalue weighted by Crippen LogP contribution is -2.47. The van der Waals surface area contributed by atoms with E-state index in [9.17, 15) is 9.59 Å². The molecule has 0 saturated carbocycles. The third kappa shape index (κ3) is 6.16. The molecular formula is C24H31N3O2. The normalized spacial score (nSPS) is 15.7. The molecule has 1 saturated heterocycles. The molecule has 2 aromatic carbocycles. The topological polar surface area (TPSA) is 61.4 Å². The summed E-state index contributed by atoms with van der Waals surface area (Å²) in [6.45, 7) is 7.04. The monoisotopic (exact) mass is 393 g/mol. The number of anilines is 1. The summed E-state index contributed by atoms with van der Waals surface area (Å²) in [5, 5.41) is 5.86. The van der Waals surface area contributed by atoms with E-state index in [-0.39, 0.29) is 17.7 Å². The number of nitrogens with zero attached hydrogens (tertiary/aromatic N) is 1. The van der Waals surface area contributed by atoms with Crippen LogP contribution < -0.4 is 10.6 Å². The van der Waals surface area contributed by atoms with E-state index >= 15 is 0 Å². The Balaban J connectivity index is 1.63. The van der Waals surface area contributed by atoms with Crippen LogP contribution in [0.25, 0.3) is 0 Å². The van der Waals surface area contributed by atoms with Gasteiger partial charge in [0.1, 0.15) is 6.04 Å². The van der Waals surface area contributed by atoms with Crippen LogP contribution in [0.2, 0.25) is 0 Å². The van der Waals surface area contributed by atoms with Crippen molar-refractivity contribution in [1.82, 2.24) is 10.2 Å². The first kappa shape index (κ1) is 21.1. The lowest BCUT2D eigenvalue weighted by atomic mass is 10.0. The number of carbonyl (C=O) groups is 2. The zero-order valence-electron chi connectivity index (χ0n) is 17.4. The van der Waals surface area contributed by atoms with Gasteiger partial charge in [-0.3, -0.25) is 14.5 Å². The largest absolute Gasteiger partial charge is 0.340 e. The standard InChI is InChI=1S/C24H31N3O2/c1-18(2)22(26-23(28)20-11-5-3-6-12-20)24(29)25-21-13-9-10-19(16-21)17-27-14-7-4-8-15-27/h3,5-6,9-13,16,18,22H,4,7-8,14-15,17H2,1-2H3,(H,25,29)(H,26,28). The quantitative estimate of drug-likeness (QED) is 0.746. The number of piperidine rings is 1. The molecule has 0 aliphatic carbocycles. The van der Waals surface area contributed by atoms with Gasteiger partial charge >= 0.3 is 0 Å². The van der Waals surface area contributed by atoms with Gasteiger partial charge in [0.05, 0.1) is 0 Å². The first-order valence-electron chi connectivity index (χ1n) is 10.5. The fourth-order valence-corrected chi connectivity index (χ4v) is 3.69. The number of benzene rings is 2. The van der Waals surface area contributed by atoms with Crippen LogP contribution in [-0.4, -0.2) is 35.8 Å². The van der Waals surface area contributed by atoms with Gasteiger partial charge in [-0.25, -0.2) is 0 Å². The highest BCUT2D eigenvalue weighted by Gasteiger charge is 2.25. The van der Waals surface area contributed by atoms with Gasteiger partial charge < -0.3 is 10.6 Å². The van der Waals surface area contributed by atoms with Crippen LogP contribution in [0.5, 0.6) is 0 Å². The highest BCUT2D eigenvalue weighted by molar-refractivity contribution is 6.01. The minimum atomic E-state index is -0.603. The zero-order valence-corrected chi connectivity index (χ0v) is 17.4. The molecule has 2 aromatic rings. The molecule has 5 nitrogen and oxygen atoms in total. The lowest BCUT2D eigenvalue weighted by Gasteiger charge is -2.26. The molecule has 1 heterocycles. The molecule has 1 atom stereocenters. The third-order valence-electron chi connectivity index (χ3n) is 5.32. The van der Waals surface area contributed by atoms with Crippen LogP contribution in [0.15, 0.2) is 54.6 Å². The molecule has 1 aliphatic rings. The van der Waals surface area contributed by atoms with Crippen LogP contribution in [0.1, 0.15) is 49.0 Å². The Kier molecular flexibility index (Phi) is 7.42. The Morgan fingerprint density at radius 3 is 2.38 bits per heavy atom. The molecule has 1 fully saturated rings. The van der Waals surface area contributed by atoms with Crippen LogP contribution in [-0.2, 0) is 11.3 Å². The summed E-state index contributed by atoms with van der Waals surface area (Å²) in [5.74, 6) is -0.461. The number of hydrogen-bond acceptors (Lipinski definition) is 3. The lowest BCUT2D eigenvalue weighted by molar-refractivity contribution is -0.118. The van der Waals surface area contributed by atoms with Gasteiger partial charge in [-0.1, -0.05) is 50.6 Å². The van der Waals surface area contributed by atoms with Crippen LogP contribution in [0.4, 0.5) is 5.69 Å². The number of amides is 2. The molecule has 0 bridgehead atoms. The molecule has 29 heavy (non-hydrogen) atoms. The average Bonchev–Trinajstić information content (AvgIpc) is 2.73. The van der Waals surface area contributed by atoms with Crippen molar-refractivity contribution in [2.45, 2.75) is 45.7 Å². The second-order valence-electron chi connectivity index (χ2n) is 8.09. The summed E-state index contributed by atoms with van der Waals surface area (Å²) in [4.78, 5) is 27.8. The molecule has 2 amide bonds. The second-order valence-corrected chi connectivity index (χ2v) is 8.09. The maximum absolute atomic E-state index is 12.9. The number of likely N-dealkylation sites (tertiary alicyclic amines) is 1. The maximum atomic E-state index is 12.9. The maximum Gasteiger partial charge on any atom is 0.251 e. The summed E-state index contributed by atoms with van der Waals surface area (Å²) < 4.78 is 0. The van der Waals surface area contributed by atoms with E-state index in [1.807, 2.05) is 50.2 Å². The van der Waals surface area contributed by atoms with Gasteiger partial charge in [0.2, 0.25) is 5.91 Å². The Hall–Kier alpha value is -2.66. The van der Waals surface area contributed by atoms with E-state index in [0.717, 1.165) is 25.3 Å². The molecule has 1 unspecified atom stereocenters. The summed E-state index contributed by atoms with van der Waals surface area (Å²) in [5.41, 5.74) is 2.51. The molecule has 0 aromatic heterocycles. The van der Waals surface area contributed by atoms with Crippen molar-refractivity contribution in [3.05, 3.63) is 65.7 Å². The zero-order chi connectivity index (χ0) is 20.6. The van der Waals surface area contributed by atoms with E-state index in [0.29, 0.717) is 5.56 Å². The van der Waals surface area contributed by atoms with Crippen molar-refractivity contribution >= 4 is 17.5 Å². The third-order valence-corrected chi connectivity index (χ3v) is 5.32. The van der Waals surface area contributed by atoms with E-state index in [1.165, 1.54) is 24.8 Å². The van der Waals surface area contributed by atoms with Crippen LogP contribution in [0, 0.1) is 5.92 Å².